The normalized spacial score (nSPS) is 17.6. The first-order valence-corrected chi connectivity index (χ1v) is 26.9. The van der Waals surface area contributed by atoms with Crippen LogP contribution in [0.3, 0.4) is 0 Å². The molecule has 2 aliphatic heterocycles. The lowest BCUT2D eigenvalue weighted by atomic mass is 9.81. The lowest BCUT2D eigenvalue weighted by molar-refractivity contribution is 0.487. The third-order valence-corrected chi connectivity index (χ3v) is 22.6. The van der Waals surface area contributed by atoms with Gasteiger partial charge in [-0.05, 0) is 112 Å². The summed E-state index contributed by atoms with van der Waals surface area (Å²) in [5, 5.41) is 5.91. The zero-order chi connectivity index (χ0) is 38.5. The second kappa shape index (κ2) is 11.4. The van der Waals surface area contributed by atoms with Gasteiger partial charge in [0.2, 0.25) is 0 Å². The van der Waals surface area contributed by atoms with Crippen molar-refractivity contribution < 1.29 is 4.74 Å². The smallest absolute Gasteiger partial charge is 0.135 e. The van der Waals surface area contributed by atoms with Gasteiger partial charge in [0.05, 0.1) is 0 Å². The molecule has 0 aromatic heterocycles. The van der Waals surface area contributed by atoms with Gasteiger partial charge < -0.3 is 4.74 Å². The molecule has 0 spiro atoms. The number of hydrogen-bond donors (Lipinski definition) is 0. The fourth-order valence-electron chi connectivity index (χ4n) is 10.7. The van der Waals surface area contributed by atoms with Crippen molar-refractivity contribution in [3.05, 3.63) is 156 Å². The van der Waals surface area contributed by atoms with E-state index in [0.717, 1.165) is 11.5 Å². The SMILES string of the molecule is CC1(C)c2cc(-c3cccc(-c4ccc5c(c4)C(C)(C)c4ccc6c(c4-5)Sc4ccccc4[Si]6(C)C)c3)ccc2-c2c1ccc1c2Oc2ccccc2[Si]1(C)C. The molecule has 56 heavy (non-hydrogen) atoms. The predicted octanol–water partition coefficient (Wildman–Crippen LogP) is 11.8. The summed E-state index contributed by atoms with van der Waals surface area (Å²) < 4.78 is 6.84. The Morgan fingerprint density at radius 2 is 0.982 bits per heavy atom. The second-order valence-electron chi connectivity index (χ2n) is 18.5. The molecular formula is C52H46OSSi2. The maximum absolute atomic E-state index is 6.84. The molecule has 7 aromatic rings. The van der Waals surface area contributed by atoms with Crippen molar-refractivity contribution in [2.24, 2.45) is 0 Å². The molecule has 11 rings (SSSR count). The molecule has 2 aliphatic carbocycles. The van der Waals surface area contributed by atoms with Crippen LogP contribution in [0.4, 0.5) is 0 Å². The van der Waals surface area contributed by atoms with E-state index in [1.165, 1.54) is 86.9 Å². The molecular weight excluding hydrogens is 729 g/mol. The van der Waals surface area contributed by atoms with E-state index in [4.69, 9.17) is 4.74 Å². The van der Waals surface area contributed by atoms with Crippen molar-refractivity contribution >= 4 is 48.7 Å². The van der Waals surface area contributed by atoms with Gasteiger partial charge in [-0.1, -0.05) is 169 Å². The van der Waals surface area contributed by atoms with Crippen LogP contribution in [0.15, 0.2) is 143 Å². The molecule has 2 heterocycles. The first kappa shape index (κ1) is 34.4. The van der Waals surface area contributed by atoms with Gasteiger partial charge in [0.15, 0.2) is 0 Å². The Morgan fingerprint density at radius 3 is 1.66 bits per heavy atom. The lowest BCUT2D eigenvalue weighted by Crippen LogP contribution is -2.56. The van der Waals surface area contributed by atoms with Gasteiger partial charge in [-0.3, -0.25) is 0 Å². The van der Waals surface area contributed by atoms with Gasteiger partial charge in [-0.15, -0.1) is 0 Å². The van der Waals surface area contributed by atoms with Crippen molar-refractivity contribution in [3.8, 4) is 56.0 Å². The van der Waals surface area contributed by atoms with Crippen LogP contribution >= 0.6 is 11.8 Å². The van der Waals surface area contributed by atoms with Crippen LogP contribution in [0, 0.1) is 0 Å². The Bertz CT molecular complexity index is 2690. The molecule has 0 amide bonds. The van der Waals surface area contributed by atoms with E-state index in [1.54, 1.807) is 10.4 Å². The minimum absolute atomic E-state index is 0.0835. The van der Waals surface area contributed by atoms with Crippen LogP contribution in [0.1, 0.15) is 49.9 Å². The molecule has 0 N–H and O–H groups in total. The summed E-state index contributed by atoms with van der Waals surface area (Å²) in [6, 6.07) is 51.1. The maximum Gasteiger partial charge on any atom is 0.135 e. The number of benzene rings is 7. The summed E-state index contributed by atoms with van der Waals surface area (Å²) in [7, 11) is -3.76. The average molecular weight is 775 g/mol. The van der Waals surface area contributed by atoms with Gasteiger partial charge in [0, 0.05) is 26.2 Å². The molecule has 4 aliphatic rings. The van der Waals surface area contributed by atoms with E-state index in [9.17, 15) is 0 Å². The first-order valence-electron chi connectivity index (χ1n) is 20.1. The van der Waals surface area contributed by atoms with E-state index >= 15 is 0 Å². The highest BCUT2D eigenvalue weighted by molar-refractivity contribution is 8.00. The van der Waals surface area contributed by atoms with E-state index in [2.05, 4.69) is 187 Å². The summed E-state index contributed by atoms with van der Waals surface area (Å²) in [5.41, 5.74) is 15.9. The molecule has 0 unspecified atom stereocenters. The van der Waals surface area contributed by atoms with Crippen molar-refractivity contribution in [2.75, 3.05) is 0 Å². The predicted molar refractivity (Wildman–Crippen MR) is 243 cm³/mol. The minimum atomic E-state index is -1.93. The molecule has 0 fully saturated rings. The van der Waals surface area contributed by atoms with E-state index in [-0.39, 0.29) is 10.8 Å². The van der Waals surface area contributed by atoms with Crippen molar-refractivity contribution in [2.45, 2.75) is 74.5 Å². The van der Waals surface area contributed by atoms with Gasteiger partial charge >= 0.3 is 0 Å². The highest BCUT2D eigenvalue weighted by Crippen LogP contribution is 2.56. The summed E-state index contributed by atoms with van der Waals surface area (Å²) >= 11 is 1.99. The molecule has 0 radical (unpaired) electrons. The zero-order valence-corrected chi connectivity index (χ0v) is 36.3. The van der Waals surface area contributed by atoms with Crippen LogP contribution in [0.5, 0.6) is 11.5 Å². The van der Waals surface area contributed by atoms with Crippen LogP contribution in [-0.2, 0) is 10.8 Å². The number of fused-ring (bicyclic) bond motifs is 12. The first-order chi connectivity index (χ1) is 26.8. The molecule has 0 bridgehead atoms. The lowest BCUT2D eigenvalue weighted by Gasteiger charge is -2.34. The minimum Gasteiger partial charge on any atom is -0.457 e. The van der Waals surface area contributed by atoms with Crippen molar-refractivity contribution in [1.29, 1.82) is 0 Å². The van der Waals surface area contributed by atoms with Crippen LogP contribution in [-0.4, -0.2) is 16.1 Å². The van der Waals surface area contributed by atoms with Crippen molar-refractivity contribution in [1.82, 2.24) is 0 Å². The van der Waals surface area contributed by atoms with Gasteiger partial charge in [-0.25, -0.2) is 0 Å². The quantitative estimate of drug-likeness (QED) is 0.162. The largest absolute Gasteiger partial charge is 0.457 e. The zero-order valence-electron chi connectivity index (χ0n) is 33.5. The number of rotatable bonds is 2. The monoisotopic (exact) mass is 774 g/mol. The summed E-state index contributed by atoms with van der Waals surface area (Å²) in [6.07, 6.45) is 0. The molecule has 274 valence electrons. The molecule has 0 saturated carbocycles. The van der Waals surface area contributed by atoms with Gasteiger partial charge in [0.25, 0.3) is 0 Å². The Labute approximate surface area is 337 Å². The fourth-order valence-corrected chi connectivity index (χ4v) is 19.1. The van der Waals surface area contributed by atoms with E-state index < -0.39 is 16.1 Å². The van der Waals surface area contributed by atoms with Gasteiger partial charge in [-0.2, -0.15) is 0 Å². The summed E-state index contributed by atoms with van der Waals surface area (Å²) in [4.78, 5) is 2.93. The fraction of sp³-hybridized carbons (Fsp3) is 0.192. The Hall–Kier alpha value is -4.88. The molecule has 1 nitrogen and oxygen atoms in total. The highest BCUT2D eigenvalue weighted by Gasteiger charge is 2.45. The Morgan fingerprint density at radius 1 is 0.446 bits per heavy atom. The third kappa shape index (κ3) is 4.49. The standard InChI is InChI=1S/C52H46OSSi2/c1-51(2)37-24-26-45-49(53-41-16-9-11-18-43(41)55(45,5)6)47(37)35-22-20-33(29-39(35)51)31-14-13-15-32(28-31)34-21-23-36-40(30-34)52(3,4)38-25-27-46-50(48(36)38)54-42-17-10-12-19-44(42)56(46,7)8/h9-30H,1-8H3. The van der Waals surface area contributed by atoms with E-state index in [1.807, 2.05) is 11.8 Å². The van der Waals surface area contributed by atoms with Gasteiger partial charge in [0.1, 0.15) is 27.6 Å². The third-order valence-electron chi connectivity index (χ3n) is 14.0. The van der Waals surface area contributed by atoms with Crippen molar-refractivity contribution in [3.63, 3.8) is 0 Å². The molecule has 4 heteroatoms. The Kier molecular flexibility index (Phi) is 6.98. The topological polar surface area (TPSA) is 9.23 Å². The van der Waals surface area contributed by atoms with E-state index in [0.29, 0.717) is 0 Å². The number of hydrogen-bond acceptors (Lipinski definition) is 2. The Balaban J connectivity index is 0.977. The van der Waals surface area contributed by atoms with Crippen LogP contribution < -0.4 is 25.5 Å². The summed E-state index contributed by atoms with van der Waals surface area (Å²) in [5.74, 6) is 2.11. The highest BCUT2D eigenvalue weighted by atomic mass is 32.2. The second-order valence-corrected chi connectivity index (χ2v) is 28.2. The summed E-state index contributed by atoms with van der Waals surface area (Å²) in [6.45, 7) is 19.6. The van der Waals surface area contributed by atoms with Crippen LogP contribution in [0.2, 0.25) is 26.2 Å². The number of ether oxygens (including phenoxy) is 1. The van der Waals surface area contributed by atoms with Crippen LogP contribution in [0.25, 0.3) is 44.5 Å². The average Bonchev–Trinajstić information content (AvgIpc) is 3.57. The number of para-hydroxylation sites is 1. The molecule has 7 aromatic carbocycles. The maximum atomic E-state index is 6.84. The molecule has 0 saturated heterocycles. The molecule has 0 atom stereocenters.